The maximum atomic E-state index is 12.5. The fourth-order valence-electron chi connectivity index (χ4n) is 1.97. The monoisotopic (exact) mass is 294 g/mol. The van der Waals surface area contributed by atoms with Crippen LogP contribution in [0.4, 0.5) is 0 Å². The number of nitrogens with zero attached hydrogens (tertiary/aromatic N) is 2. The van der Waals surface area contributed by atoms with Crippen molar-refractivity contribution in [1.29, 1.82) is 0 Å². The van der Waals surface area contributed by atoms with Crippen molar-refractivity contribution in [2.45, 2.75) is 46.8 Å². The lowest BCUT2D eigenvalue weighted by molar-refractivity contribution is -0.151. The Hall–Kier alpha value is -1.69. The summed E-state index contributed by atoms with van der Waals surface area (Å²) in [5.74, 6) is -0.423. The molecule has 0 N–H and O–H groups in total. The molecule has 0 fully saturated rings. The maximum absolute atomic E-state index is 12.5. The fourth-order valence-corrected chi connectivity index (χ4v) is 2.96. The zero-order valence-electron chi connectivity index (χ0n) is 12.3. The van der Waals surface area contributed by atoms with Crippen molar-refractivity contribution in [3.05, 3.63) is 27.1 Å². The second kappa shape index (κ2) is 5.36. The maximum Gasteiger partial charge on any atom is 0.329 e. The van der Waals surface area contributed by atoms with Crippen LogP contribution >= 0.6 is 11.3 Å². The molecule has 6 heteroatoms. The Morgan fingerprint density at radius 1 is 1.35 bits per heavy atom. The van der Waals surface area contributed by atoms with Crippen LogP contribution in [0.1, 0.15) is 37.3 Å². The summed E-state index contributed by atoms with van der Waals surface area (Å²) in [5.41, 5.74) is 0.742. The molecule has 0 radical (unpaired) electrons. The summed E-state index contributed by atoms with van der Waals surface area (Å²) in [6.45, 7) is 9.07. The molecule has 0 amide bonds. The van der Waals surface area contributed by atoms with Gasteiger partial charge in [-0.1, -0.05) is 0 Å². The van der Waals surface area contributed by atoms with Crippen molar-refractivity contribution >= 4 is 27.5 Å². The molecule has 0 bridgehead atoms. The molecule has 108 valence electrons. The predicted octanol–water partition coefficient (Wildman–Crippen LogP) is 2.59. The van der Waals surface area contributed by atoms with Crippen molar-refractivity contribution in [2.75, 3.05) is 0 Å². The summed E-state index contributed by atoms with van der Waals surface area (Å²) in [6.07, 6.45) is 1.22. The molecular formula is C14H18N2O3S. The van der Waals surface area contributed by atoms with Crippen molar-refractivity contribution in [1.82, 2.24) is 9.55 Å². The molecule has 0 saturated heterocycles. The van der Waals surface area contributed by atoms with E-state index in [1.807, 2.05) is 13.8 Å². The average Bonchev–Trinajstić information content (AvgIpc) is 2.64. The highest BCUT2D eigenvalue weighted by molar-refractivity contribution is 7.18. The number of thiophene rings is 1. The van der Waals surface area contributed by atoms with Crippen LogP contribution in [-0.4, -0.2) is 21.6 Å². The van der Waals surface area contributed by atoms with Crippen LogP contribution < -0.4 is 5.56 Å². The van der Waals surface area contributed by atoms with E-state index >= 15 is 0 Å². The quantitative estimate of drug-likeness (QED) is 0.816. The highest BCUT2D eigenvalue weighted by atomic mass is 32.1. The number of hydrogen-bond acceptors (Lipinski definition) is 5. The third-order valence-corrected chi connectivity index (χ3v) is 4.34. The van der Waals surface area contributed by atoms with Gasteiger partial charge in [-0.05, 0) is 40.2 Å². The molecule has 20 heavy (non-hydrogen) atoms. The minimum absolute atomic E-state index is 0.190. The van der Waals surface area contributed by atoms with Crippen LogP contribution in [0.3, 0.4) is 0 Å². The van der Waals surface area contributed by atoms with Gasteiger partial charge in [-0.2, -0.15) is 0 Å². The van der Waals surface area contributed by atoms with Gasteiger partial charge in [0.05, 0.1) is 17.8 Å². The predicted molar refractivity (Wildman–Crippen MR) is 79.3 cm³/mol. The minimum Gasteiger partial charge on any atom is -0.461 e. The van der Waals surface area contributed by atoms with E-state index < -0.39 is 12.0 Å². The van der Waals surface area contributed by atoms with E-state index in [9.17, 15) is 9.59 Å². The number of carbonyl (C=O) groups excluding carboxylic acids is 1. The number of ether oxygens (including phenoxy) is 1. The standard InChI is InChI=1S/C14H18N2O3S/c1-7(2)19-14(18)9(4)16-6-15-12-11(13(16)17)8(3)10(5)20-12/h6-7,9H,1-5H3. The molecule has 1 unspecified atom stereocenters. The van der Waals surface area contributed by atoms with Crippen molar-refractivity contribution < 1.29 is 9.53 Å². The van der Waals surface area contributed by atoms with E-state index in [0.29, 0.717) is 10.2 Å². The number of carbonyl (C=O) groups is 1. The van der Waals surface area contributed by atoms with Gasteiger partial charge in [0.2, 0.25) is 0 Å². The number of aromatic nitrogens is 2. The first-order valence-electron chi connectivity index (χ1n) is 6.50. The lowest BCUT2D eigenvalue weighted by atomic mass is 10.2. The molecule has 0 aromatic carbocycles. The molecule has 0 spiro atoms. The second-order valence-electron chi connectivity index (χ2n) is 5.08. The molecule has 2 heterocycles. The molecule has 0 saturated carbocycles. The summed E-state index contributed by atoms with van der Waals surface area (Å²) in [4.78, 5) is 30.5. The van der Waals surface area contributed by atoms with Gasteiger partial charge < -0.3 is 4.74 Å². The molecule has 0 aliphatic heterocycles. The zero-order valence-corrected chi connectivity index (χ0v) is 13.1. The Labute approximate surface area is 121 Å². The molecule has 0 aliphatic carbocycles. The molecule has 2 rings (SSSR count). The first-order valence-corrected chi connectivity index (χ1v) is 7.32. The fraction of sp³-hybridized carbons (Fsp3) is 0.500. The minimum atomic E-state index is -0.679. The van der Waals surface area contributed by atoms with Crippen molar-refractivity contribution in [2.24, 2.45) is 0 Å². The van der Waals surface area contributed by atoms with Gasteiger partial charge in [-0.3, -0.25) is 9.36 Å². The topological polar surface area (TPSA) is 61.2 Å². The molecular weight excluding hydrogens is 276 g/mol. The smallest absolute Gasteiger partial charge is 0.329 e. The first-order chi connectivity index (χ1) is 9.32. The molecule has 1 atom stereocenters. The summed E-state index contributed by atoms with van der Waals surface area (Å²) < 4.78 is 6.48. The number of aryl methyl sites for hydroxylation is 2. The zero-order chi connectivity index (χ0) is 15.0. The number of hydrogen-bond donors (Lipinski definition) is 0. The van der Waals surface area contributed by atoms with Crippen LogP contribution in [-0.2, 0) is 9.53 Å². The van der Waals surface area contributed by atoms with E-state index in [4.69, 9.17) is 4.74 Å². The number of rotatable bonds is 3. The van der Waals surface area contributed by atoms with Gasteiger partial charge >= 0.3 is 5.97 Å². The van der Waals surface area contributed by atoms with Crippen LogP contribution in [0.15, 0.2) is 11.1 Å². The highest BCUT2D eigenvalue weighted by Gasteiger charge is 2.21. The van der Waals surface area contributed by atoms with Crippen LogP contribution in [0.2, 0.25) is 0 Å². The molecule has 2 aromatic rings. The van der Waals surface area contributed by atoms with E-state index in [0.717, 1.165) is 10.4 Å². The molecule has 5 nitrogen and oxygen atoms in total. The van der Waals surface area contributed by atoms with Crippen LogP contribution in [0, 0.1) is 13.8 Å². The summed E-state index contributed by atoms with van der Waals surface area (Å²) in [7, 11) is 0. The third kappa shape index (κ3) is 2.47. The van der Waals surface area contributed by atoms with Crippen molar-refractivity contribution in [3.8, 4) is 0 Å². The Balaban J connectivity index is 2.51. The van der Waals surface area contributed by atoms with Gasteiger partial charge in [0.15, 0.2) is 0 Å². The summed E-state index contributed by atoms with van der Waals surface area (Å²) in [6, 6.07) is -0.679. The van der Waals surface area contributed by atoms with E-state index in [-0.39, 0.29) is 11.7 Å². The lowest BCUT2D eigenvalue weighted by Crippen LogP contribution is -2.30. The van der Waals surface area contributed by atoms with Crippen molar-refractivity contribution in [3.63, 3.8) is 0 Å². The SMILES string of the molecule is Cc1sc2ncn(C(C)C(=O)OC(C)C)c(=O)c2c1C. The second-order valence-corrected chi connectivity index (χ2v) is 6.29. The lowest BCUT2D eigenvalue weighted by Gasteiger charge is -2.15. The first kappa shape index (κ1) is 14.7. The normalized spacial score (nSPS) is 12.9. The summed E-state index contributed by atoms with van der Waals surface area (Å²) >= 11 is 1.49. The molecule has 2 aromatic heterocycles. The van der Waals surface area contributed by atoms with E-state index in [1.165, 1.54) is 22.2 Å². The Kier molecular flexibility index (Phi) is 3.94. The third-order valence-electron chi connectivity index (χ3n) is 3.22. The van der Waals surface area contributed by atoms with Gasteiger partial charge in [0.1, 0.15) is 10.9 Å². The Bertz CT molecular complexity index is 715. The van der Waals surface area contributed by atoms with Crippen LogP contribution in [0.25, 0.3) is 10.2 Å². The van der Waals surface area contributed by atoms with Gasteiger partial charge in [0.25, 0.3) is 5.56 Å². The van der Waals surface area contributed by atoms with E-state index in [1.54, 1.807) is 20.8 Å². The summed E-state index contributed by atoms with van der Waals surface area (Å²) in [5, 5.41) is 0.596. The largest absolute Gasteiger partial charge is 0.461 e. The van der Waals surface area contributed by atoms with Gasteiger partial charge in [0, 0.05) is 4.88 Å². The number of fused-ring (bicyclic) bond motifs is 1. The van der Waals surface area contributed by atoms with Crippen LogP contribution in [0.5, 0.6) is 0 Å². The Morgan fingerprint density at radius 3 is 2.60 bits per heavy atom. The van der Waals surface area contributed by atoms with E-state index in [2.05, 4.69) is 4.98 Å². The number of esters is 1. The van der Waals surface area contributed by atoms with Gasteiger partial charge in [-0.25, -0.2) is 9.78 Å². The molecule has 0 aliphatic rings. The van der Waals surface area contributed by atoms with Gasteiger partial charge in [-0.15, -0.1) is 11.3 Å². The average molecular weight is 294 g/mol. The highest BCUT2D eigenvalue weighted by Crippen LogP contribution is 2.25. The Morgan fingerprint density at radius 2 is 2.00 bits per heavy atom.